The molecule has 3 aromatic rings. The molecule has 0 radical (unpaired) electrons. The van der Waals surface area contributed by atoms with Gasteiger partial charge < -0.3 is 5.32 Å². The Hall–Kier alpha value is -3.20. The van der Waals surface area contributed by atoms with Crippen LogP contribution in [0, 0.1) is 0 Å². The first-order valence-electron chi connectivity index (χ1n) is 10.9. The molecule has 1 saturated heterocycles. The second kappa shape index (κ2) is 9.35. The number of halogens is 3. The van der Waals surface area contributed by atoms with Crippen LogP contribution in [-0.4, -0.2) is 39.5 Å². The van der Waals surface area contributed by atoms with Gasteiger partial charge in [-0.25, -0.2) is 4.98 Å². The number of likely N-dealkylation sites (tertiary alicyclic amines) is 1. The van der Waals surface area contributed by atoms with Crippen molar-refractivity contribution in [2.75, 3.05) is 13.1 Å². The van der Waals surface area contributed by atoms with Gasteiger partial charge in [-0.1, -0.05) is 42.5 Å². The van der Waals surface area contributed by atoms with Crippen LogP contribution in [0.3, 0.4) is 0 Å². The van der Waals surface area contributed by atoms with Crippen molar-refractivity contribution in [3.05, 3.63) is 76.2 Å². The summed E-state index contributed by atoms with van der Waals surface area (Å²) in [4.78, 5) is 31.4. The second-order valence-electron chi connectivity index (χ2n) is 8.34. The predicted molar refractivity (Wildman–Crippen MR) is 119 cm³/mol. The van der Waals surface area contributed by atoms with Gasteiger partial charge in [0.2, 0.25) is 11.6 Å². The highest BCUT2D eigenvalue weighted by molar-refractivity contribution is 5.83. The van der Waals surface area contributed by atoms with Gasteiger partial charge >= 0.3 is 6.18 Å². The minimum Gasteiger partial charge on any atom is -0.351 e. The Labute approximate surface area is 189 Å². The molecule has 2 aromatic carbocycles. The number of fused-ring (bicyclic) bond motifs is 1. The van der Waals surface area contributed by atoms with E-state index in [1.54, 1.807) is 6.07 Å². The van der Waals surface area contributed by atoms with Crippen LogP contribution in [0.4, 0.5) is 13.2 Å². The molecule has 0 bridgehead atoms. The molecule has 1 amide bonds. The normalized spacial score (nSPS) is 16.6. The molecule has 9 heteroatoms. The molecular formula is C24H25F3N4O2. The molecule has 0 aliphatic carbocycles. The number of nitrogens with one attached hydrogen (secondary N) is 1. The number of nitrogens with zero attached hydrogens (tertiary/aromatic N) is 3. The zero-order valence-electron chi connectivity index (χ0n) is 18.2. The molecule has 1 aliphatic heterocycles. The van der Waals surface area contributed by atoms with E-state index in [4.69, 9.17) is 0 Å². The highest BCUT2D eigenvalue weighted by atomic mass is 19.4. The molecule has 4 rings (SSSR count). The average molecular weight is 458 g/mol. The summed E-state index contributed by atoms with van der Waals surface area (Å²) in [6, 6.07) is 14.9. The molecule has 1 aromatic heterocycles. The van der Waals surface area contributed by atoms with Gasteiger partial charge in [-0.3, -0.25) is 19.1 Å². The van der Waals surface area contributed by atoms with Gasteiger partial charge in [0.05, 0.1) is 11.0 Å². The highest BCUT2D eigenvalue weighted by Gasteiger charge is 2.38. The lowest BCUT2D eigenvalue weighted by Crippen LogP contribution is -2.47. The van der Waals surface area contributed by atoms with Crippen molar-refractivity contribution in [2.45, 2.75) is 44.6 Å². The van der Waals surface area contributed by atoms with E-state index in [-0.39, 0.29) is 17.1 Å². The Kier molecular flexibility index (Phi) is 6.51. The predicted octanol–water partition coefficient (Wildman–Crippen LogP) is 3.76. The summed E-state index contributed by atoms with van der Waals surface area (Å²) in [6.07, 6.45) is -3.46. The Balaban J connectivity index is 1.48. The molecule has 1 fully saturated rings. The number of alkyl halides is 3. The van der Waals surface area contributed by atoms with Gasteiger partial charge in [0.15, 0.2) is 0 Å². The van der Waals surface area contributed by atoms with Crippen molar-refractivity contribution in [2.24, 2.45) is 0 Å². The van der Waals surface area contributed by atoms with E-state index >= 15 is 0 Å². The van der Waals surface area contributed by atoms with E-state index in [0.29, 0.717) is 0 Å². The SMILES string of the molecule is C[C@@H](C(=O)NC1CCN(Cc2ccccc2)CC1)n1c(=O)c(C(F)(F)F)nc2ccccc21. The summed E-state index contributed by atoms with van der Waals surface area (Å²) in [6.45, 7) is 3.86. The van der Waals surface area contributed by atoms with Crippen LogP contribution in [0.15, 0.2) is 59.4 Å². The molecule has 2 heterocycles. The average Bonchev–Trinajstić information content (AvgIpc) is 2.79. The maximum atomic E-state index is 13.4. The molecule has 33 heavy (non-hydrogen) atoms. The number of piperidine rings is 1. The van der Waals surface area contributed by atoms with Gasteiger partial charge in [-0.15, -0.1) is 0 Å². The lowest BCUT2D eigenvalue weighted by Gasteiger charge is -2.33. The molecule has 174 valence electrons. The van der Waals surface area contributed by atoms with Gasteiger partial charge in [0.1, 0.15) is 6.04 Å². The van der Waals surface area contributed by atoms with Crippen molar-refractivity contribution in [3.8, 4) is 0 Å². The van der Waals surface area contributed by atoms with Crippen LogP contribution < -0.4 is 10.9 Å². The Morgan fingerprint density at radius 1 is 1.09 bits per heavy atom. The molecule has 1 aliphatic rings. The summed E-state index contributed by atoms with van der Waals surface area (Å²) >= 11 is 0. The Morgan fingerprint density at radius 2 is 1.73 bits per heavy atom. The van der Waals surface area contributed by atoms with E-state index in [1.807, 2.05) is 18.2 Å². The number of amides is 1. The number of carbonyl (C=O) groups excluding carboxylic acids is 1. The third-order valence-corrected chi connectivity index (χ3v) is 6.01. The monoisotopic (exact) mass is 458 g/mol. The van der Waals surface area contributed by atoms with Crippen molar-refractivity contribution in [1.82, 2.24) is 19.8 Å². The molecule has 0 unspecified atom stereocenters. The number of rotatable bonds is 5. The van der Waals surface area contributed by atoms with Crippen molar-refractivity contribution >= 4 is 16.9 Å². The second-order valence-corrected chi connectivity index (χ2v) is 8.34. The molecule has 6 nitrogen and oxygen atoms in total. The lowest BCUT2D eigenvalue weighted by molar-refractivity contribution is -0.142. The maximum Gasteiger partial charge on any atom is 0.438 e. The van der Waals surface area contributed by atoms with Gasteiger partial charge in [-0.05, 0) is 37.5 Å². The number of carbonyl (C=O) groups is 1. The minimum atomic E-state index is -4.91. The number of hydrogen-bond donors (Lipinski definition) is 1. The zero-order chi connectivity index (χ0) is 23.6. The third kappa shape index (κ3) is 5.08. The summed E-state index contributed by atoms with van der Waals surface area (Å²) in [5.74, 6) is -0.483. The van der Waals surface area contributed by atoms with Gasteiger partial charge in [0, 0.05) is 25.7 Å². The van der Waals surface area contributed by atoms with E-state index in [0.717, 1.165) is 37.0 Å². The molecular weight excluding hydrogens is 433 g/mol. The number of aromatic nitrogens is 2. The quantitative estimate of drug-likeness (QED) is 0.632. The number of para-hydroxylation sites is 2. The number of hydrogen-bond acceptors (Lipinski definition) is 4. The minimum absolute atomic E-state index is 0.0123. The fourth-order valence-corrected chi connectivity index (χ4v) is 4.24. The summed E-state index contributed by atoms with van der Waals surface area (Å²) in [5.41, 5.74) is -1.41. The van der Waals surface area contributed by atoms with Crippen LogP contribution in [0.2, 0.25) is 0 Å². The first-order chi connectivity index (χ1) is 15.7. The summed E-state index contributed by atoms with van der Waals surface area (Å²) in [7, 11) is 0. The van der Waals surface area contributed by atoms with Gasteiger partial charge in [-0.2, -0.15) is 13.2 Å². The van der Waals surface area contributed by atoms with E-state index in [2.05, 4.69) is 27.3 Å². The summed E-state index contributed by atoms with van der Waals surface area (Å²) < 4.78 is 41.1. The van der Waals surface area contributed by atoms with Crippen LogP contribution >= 0.6 is 0 Å². The molecule has 1 N–H and O–H groups in total. The first kappa shape index (κ1) is 23.0. The van der Waals surface area contributed by atoms with Crippen LogP contribution in [-0.2, 0) is 17.5 Å². The topological polar surface area (TPSA) is 67.2 Å². The van der Waals surface area contributed by atoms with Crippen molar-refractivity contribution < 1.29 is 18.0 Å². The molecule has 0 saturated carbocycles. The number of benzene rings is 2. The van der Waals surface area contributed by atoms with E-state index in [1.165, 1.54) is 30.7 Å². The fraction of sp³-hybridized carbons (Fsp3) is 0.375. The van der Waals surface area contributed by atoms with Crippen molar-refractivity contribution in [1.29, 1.82) is 0 Å². The molecule has 1 atom stereocenters. The Morgan fingerprint density at radius 3 is 2.39 bits per heavy atom. The Bertz CT molecular complexity index is 1190. The summed E-state index contributed by atoms with van der Waals surface area (Å²) in [5, 5.41) is 2.92. The third-order valence-electron chi connectivity index (χ3n) is 6.01. The largest absolute Gasteiger partial charge is 0.438 e. The van der Waals surface area contributed by atoms with E-state index < -0.39 is 29.4 Å². The first-order valence-corrected chi connectivity index (χ1v) is 10.9. The highest BCUT2D eigenvalue weighted by Crippen LogP contribution is 2.27. The standard InChI is InChI=1S/C24H25F3N4O2/c1-16(31-20-10-6-5-9-19(20)29-21(23(31)33)24(25,26)27)22(32)28-18-11-13-30(14-12-18)15-17-7-3-2-4-8-17/h2-10,16,18H,11-15H2,1H3,(H,28,32)/t16-/m0/s1. The van der Waals surface area contributed by atoms with Crippen LogP contribution in [0.5, 0.6) is 0 Å². The maximum absolute atomic E-state index is 13.4. The van der Waals surface area contributed by atoms with Gasteiger partial charge in [0.25, 0.3) is 5.56 Å². The fourth-order valence-electron chi connectivity index (χ4n) is 4.24. The van der Waals surface area contributed by atoms with Crippen LogP contribution in [0.1, 0.15) is 37.1 Å². The lowest BCUT2D eigenvalue weighted by atomic mass is 10.0. The molecule has 0 spiro atoms. The smallest absolute Gasteiger partial charge is 0.351 e. The van der Waals surface area contributed by atoms with Crippen LogP contribution in [0.25, 0.3) is 11.0 Å². The van der Waals surface area contributed by atoms with Crippen molar-refractivity contribution in [3.63, 3.8) is 0 Å². The van der Waals surface area contributed by atoms with E-state index in [9.17, 15) is 22.8 Å². The zero-order valence-corrected chi connectivity index (χ0v) is 18.2.